The van der Waals surface area contributed by atoms with E-state index in [2.05, 4.69) is 15.2 Å². The summed E-state index contributed by atoms with van der Waals surface area (Å²) in [6.07, 6.45) is 5.07. The van der Waals surface area contributed by atoms with E-state index in [4.69, 9.17) is 16.7 Å². The first-order valence-electron chi connectivity index (χ1n) is 6.77. The number of hydrogen-bond donors (Lipinski definition) is 2. The van der Waals surface area contributed by atoms with Crippen molar-refractivity contribution in [2.45, 2.75) is 32.2 Å². The van der Waals surface area contributed by atoms with Crippen LogP contribution in [0.5, 0.6) is 0 Å². The molecule has 0 saturated carbocycles. The normalized spacial score (nSPS) is 10.4. The number of nitrogens with one attached hydrogen (secondary N) is 1. The summed E-state index contributed by atoms with van der Waals surface area (Å²) in [5, 5.41) is 15.6. The van der Waals surface area contributed by atoms with Gasteiger partial charge in [0.2, 0.25) is 0 Å². The second kappa shape index (κ2) is 9.36. The number of ether oxygens (including phenoxy) is 1. The number of carbonyl (C=O) groups is 1. The molecule has 0 fully saturated rings. The second-order valence-electron chi connectivity index (χ2n) is 4.48. The summed E-state index contributed by atoms with van der Waals surface area (Å²) in [6.45, 7) is 0.603. The fraction of sp³-hybridized carbons (Fsp3) is 0.615. The van der Waals surface area contributed by atoms with E-state index in [0.717, 1.165) is 30.4 Å². The van der Waals surface area contributed by atoms with Crippen molar-refractivity contribution in [3.8, 4) is 0 Å². The molecule has 0 atom stereocenters. The van der Waals surface area contributed by atoms with Gasteiger partial charge in [-0.3, -0.25) is 9.59 Å². The van der Waals surface area contributed by atoms with Crippen LogP contribution in [0.25, 0.3) is 0 Å². The molecule has 1 aromatic heterocycles. The van der Waals surface area contributed by atoms with E-state index in [0.29, 0.717) is 12.2 Å². The quantitative estimate of drug-likeness (QED) is 0.522. The standard InChI is InChI=1S/C13H20ClN3O4/c1-21-11(19)9-17-13(20)12(14)10(8-16-17)15-6-4-2-3-5-7-18/h8,15,18H,2-7,9H2,1H3. The molecular formula is C13H20ClN3O4. The number of esters is 1. The van der Waals surface area contributed by atoms with Gasteiger partial charge in [-0.15, -0.1) is 0 Å². The van der Waals surface area contributed by atoms with Gasteiger partial charge in [-0.2, -0.15) is 5.10 Å². The SMILES string of the molecule is COC(=O)Cn1ncc(NCCCCCCO)c(Cl)c1=O. The van der Waals surface area contributed by atoms with E-state index in [1.54, 1.807) is 0 Å². The number of carbonyl (C=O) groups excluding carboxylic acids is 1. The summed E-state index contributed by atoms with van der Waals surface area (Å²) < 4.78 is 5.43. The zero-order valence-corrected chi connectivity index (χ0v) is 12.7. The molecule has 0 bridgehead atoms. The molecule has 0 spiro atoms. The van der Waals surface area contributed by atoms with Crippen LogP contribution in [0.2, 0.25) is 5.02 Å². The van der Waals surface area contributed by atoms with Crippen LogP contribution in [0, 0.1) is 0 Å². The minimum absolute atomic E-state index is 0.00395. The minimum atomic E-state index is -0.565. The number of aliphatic hydroxyl groups excluding tert-OH is 1. The molecule has 8 heteroatoms. The Labute approximate surface area is 127 Å². The average Bonchev–Trinajstić information content (AvgIpc) is 2.49. The molecule has 7 nitrogen and oxygen atoms in total. The van der Waals surface area contributed by atoms with Crippen molar-refractivity contribution in [1.82, 2.24) is 9.78 Å². The maximum Gasteiger partial charge on any atom is 0.327 e. The lowest BCUT2D eigenvalue weighted by molar-refractivity contribution is -0.141. The number of anilines is 1. The van der Waals surface area contributed by atoms with Crippen LogP contribution in [-0.4, -0.2) is 41.1 Å². The molecule has 0 saturated heterocycles. The molecule has 118 valence electrons. The van der Waals surface area contributed by atoms with Gasteiger partial charge in [0.15, 0.2) is 0 Å². The molecule has 2 N–H and O–H groups in total. The first-order valence-corrected chi connectivity index (χ1v) is 7.15. The second-order valence-corrected chi connectivity index (χ2v) is 4.85. The number of halogens is 1. The van der Waals surface area contributed by atoms with Crippen LogP contribution in [0.15, 0.2) is 11.0 Å². The molecule has 0 aliphatic rings. The van der Waals surface area contributed by atoms with Crippen molar-refractivity contribution in [3.63, 3.8) is 0 Å². The number of hydrogen-bond acceptors (Lipinski definition) is 6. The Kier molecular flexibility index (Phi) is 7.78. The fourth-order valence-corrected chi connectivity index (χ4v) is 1.91. The lowest BCUT2D eigenvalue weighted by atomic mass is 10.2. The van der Waals surface area contributed by atoms with Gasteiger partial charge in [0.05, 0.1) is 19.0 Å². The Morgan fingerprint density at radius 2 is 2.14 bits per heavy atom. The van der Waals surface area contributed by atoms with Gasteiger partial charge >= 0.3 is 5.97 Å². The van der Waals surface area contributed by atoms with Crippen LogP contribution < -0.4 is 10.9 Å². The molecule has 1 heterocycles. The van der Waals surface area contributed by atoms with E-state index in [-0.39, 0.29) is 18.2 Å². The number of unbranched alkanes of at least 4 members (excludes halogenated alkanes) is 3. The summed E-state index contributed by atoms with van der Waals surface area (Å²) in [5.74, 6) is -0.565. The Hall–Kier alpha value is -1.60. The predicted molar refractivity (Wildman–Crippen MR) is 79.6 cm³/mol. The Balaban J connectivity index is 2.55. The summed E-state index contributed by atoms with van der Waals surface area (Å²) in [6, 6.07) is 0. The van der Waals surface area contributed by atoms with Gasteiger partial charge < -0.3 is 15.2 Å². The zero-order valence-electron chi connectivity index (χ0n) is 12.0. The molecule has 1 aromatic rings. The minimum Gasteiger partial charge on any atom is -0.468 e. The van der Waals surface area contributed by atoms with Crippen molar-refractivity contribution in [2.75, 3.05) is 25.6 Å². The summed E-state index contributed by atoms with van der Waals surface area (Å²) >= 11 is 5.97. The van der Waals surface area contributed by atoms with Crippen molar-refractivity contribution >= 4 is 23.3 Å². The number of aliphatic hydroxyl groups is 1. The van der Waals surface area contributed by atoms with E-state index < -0.39 is 11.5 Å². The number of rotatable bonds is 9. The van der Waals surface area contributed by atoms with Gasteiger partial charge in [-0.05, 0) is 12.8 Å². The van der Waals surface area contributed by atoms with Gasteiger partial charge in [0, 0.05) is 13.2 Å². The molecule has 0 radical (unpaired) electrons. The highest BCUT2D eigenvalue weighted by Gasteiger charge is 2.11. The van der Waals surface area contributed by atoms with Gasteiger partial charge in [0.1, 0.15) is 11.6 Å². The molecule has 21 heavy (non-hydrogen) atoms. The molecule has 0 aliphatic heterocycles. The van der Waals surface area contributed by atoms with E-state index in [9.17, 15) is 9.59 Å². The topological polar surface area (TPSA) is 93.5 Å². The van der Waals surface area contributed by atoms with Crippen molar-refractivity contribution in [2.24, 2.45) is 0 Å². The maximum absolute atomic E-state index is 11.9. The van der Waals surface area contributed by atoms with Crippen LogP contribution in [0.4, 0.5) is 5.69 Å². The van der Waals surface area contributed by atoms with Crippen molar-refractivity contribution in [3.05, 3.63) is 21.6 Å². The monoisotopic (exact) mass is 317 g/mol. The number of methoxy groups -OCH3 is 1. The molecule has 0 aromatic carbocycles. The fourth-order valence-electron chi connectivity index (χ4n) is 1.70. The highest BCUT2D eigenvalue weighted by Crippen LogP contribution is 2.15. The Morgan fingerprint density at radius 3 is 2.81 bits per heavy atom. The highest BCUT2D eigenvalue weighted by atomic mass is 35.5. The number of aromatic nitrogens is 2. The Morgan fingerprint density at radius 1 is 1.43 bits per heavy atom. The first kappa shape index (κ1) is 17.5. The van der Waals surface area contributed by atoms with Crippen LogP contribution in [0.3, 0.4) is 0 Å². The first-order chi connectivity index (χ1) is 10.1. The largest absolute Gasteiger partial charge is 0.468 e. The third kappa shape index (κ3) is 5.73. The predicted octanol–water partition coefficient (Wildman–Crippen LogP) is 1.03. The van der Waals surface area contributed by atoms with E-state index >= 15 is 0 Å². The zero-order chi connectivity index (χ0) is 15.7. The summed E-state index contributed by atoms with van der Waals surface area (Å²) in [5.41, 5.74) is -0.0858. The molecule has 0 amide bonds. The third-order valence-corrected chi connectivity index (χ3v) is 3.26. The molecule has 0 aliphatic carbocycles. The van der Waals surface area contributed by atoms with E-state index in [1.807, 2.05) is 0 Å². The van der Waals surface area contributed by atoms with Crippen molar-refractivity contribution in [1.29, 1.82) is 0 Å². The molecular weight excluding hydrogens is 298 g/mol. The highest BCUT2D eigenvalue weighted by molar-refractivity contribution is 6.32. The molecule has 0 unspecified atom stereocenters. The van der Waals surface area contributed by atoms with Gasteiger partial charge in [0.25, 0.3) is 5.56 Å². The third-order valence-electron chi connectivity index (χ3n) is 2.89. The lowest BCUT2D eigenvalue weighted by Crippen LogP contribution is -2.28. The van der Waals surface area contributed by atoms with Gasteiger partial charge in [-0.25, -0.2) is 4.68 Å². The average molecular weight is 318 g/mol. The molecule has 1 rings (SSSR count). The maximum atomic E-state index is 11.9. The summed E-state index contributed by atoms with van der Waals surface area (Å²) in [4.78, 5) is 23.0. The van der Waals surface area contributed by atoms with Crippen LogP contribution >= 0.6 is 11.6 Å². The van der Waals surface area contributed by atoms with Crippen LogP contribution in [0.1, 0.15) is 25.7 Å². The van der Waals surface area contributed by atoms with Gasteiger partial charge in [-0.1, -0.05) is 24.4 Å². The summed E-state index contributed by atoms with van der Waals surface area (Å²) in [7, 11) is 1.24. The van der Waals surface area contributed by atoms with E-state index in [1.165, 1.54) is 13.3 Å². The van der Waals surface area contributed by atoms with Crippen molar-refractivity contribution < 1.29 is 14.6 Å². The van der Waals surface area contributed by atoms with Crippen LogP contribution in [-0.2, 0) is 16.1 Å². The number of nitrogens with zero attached hydrogens (tertiary/aromatic N) is 2. The Bertz CT molecular complexity index is 519. The smallest absolute Gasteiger partial charge is 0.327 e. The lowest BCUT2D eigenvalue weighted by Gasteiger charge is -2.09.